The number of H-pyrrole nitrogens is 2. The van der Waals surface area contributed by atoms with Crippen LogP contribution >= 0.6 is 0 Å². The van der Waals surface area contributed by atoms with Gasteiger partial charge in [-0.3, -0.25) is 0 Å². The third-order valence-corrected chi connectivity index (χ3v) is 5.98. The van der Waals surface area contributed by atoms with Crippen LogP contribution in [0.5, 0.6) is 0 Å². The molecule has 0 fully saturated rings. The van der Waals surface area contributed by atoms with E-state index in [0.717, 1.165) is 12.8 Å². The van der Waals surface area contributed by atoms with Gasteiger partial charge < -0.3 is 9.97 Å². The van der Waals surface area contributed by atoms with Crippen molar-refractivity contribution in [3.05, 3.63) is 71.0 Å². The van der Waals surface area contributed by atoms with Gasteiger partial charge in [-0.15, -0.1) is 0 Å². The minimum atomic E-state index is 0.642. The van der Waals surface area contributed by atoms with Gasteiger partial charge in [0.2, 0.25) is 0 Å². The number of rotatable bonds is 0. The number of para-hydroxylation sites is 2. The van der Waals surface area contributed by atoms with Crippen LogP contribution < -0.4 is 0 Å². The normalized spacial score (nSPS) is 22.3. The van der Waals surface area contributed by atoms with Crippen LogP contribution in [0, 0.1) is 0 Å². The highest BCUT2D eigenvalue weighted by molar-refractivity contribution is 5.87. The maximum absolute atomic E-state index is 3.73. The molecule has 6 rings (SSSR count). The van der Waals surface area contributed by atoms with E-state index in [-0.39, 0.29) is 0 Å². The molecule has 2 aromatic heterocycles. The topological polar surface area (TPSA) is 31.6 Å². The van der Waals surface area contributed by atoms with Crippen LogP contribution in [0.1, 0.15) is 40.8 Å². The summed E-state index contributed by atoms with van der Waals surface area (Å²) in [7, 11) is 0. The Kier molecular flexibility index (Phi) is 2.13. The predicted octanol–water partition coefficient (Wildman–Crippen LogP) is 5.02. The average molecular weight is 298 g/mol. The van der Waals surface area contributed by atoms with Gasteiger partial charge >= 0.3 is 0 Å². The fourth-order valence-corrected chi connectivity index (χ4v) is 5.02. The summed E-state index contributed by atoms with van der Waals surface area (Å²) in [5.74, 6) is 1.28. The molecule has 2 atom stereocenters. The molecule has 0 radical (unpaired) electrons. The largest absolute Gasteiger partial charge is 0.358 e. The van der Waals surface area contributed by atoms with Crippen LogP contribution in [0.3, 0.4) is 0 Å². The third kappa shape index (κ3) is 1.49. The molecule has 0 unspecified atom stereocenters. The van der Waals surface area contributed by atoms with Crippen molar-refractivity contribution in [2.45, 2.75) is 31.1 Å². The Bertz CT molecular complexity index is 980. The van der Waals surface area contributed by atoms with Crippen molar-refractivity contribution >= 4 is 21.8 Å². The van der Waals surface area contributed by atoms with E-state index in [2.05, 4.69) is 58.5 Å². The van der Waals surface area contributed by atoms with Gasteiger partial charge in [0.25, 0.3) is 0 Å². The summed E-state index contributed by atoms with van der Waals surface area (Å²) in [5.41, 5.74) is 8.73. The van der Waals surface area contributed by atoms with Gasteiger partial charge in [-0.25, -0.2) is 0 Å². The van der Waals surface area contributed by atoms with Crippen molar-refractivity contribution in [2.75, 3.05) is 0 Å². The molecule has 2 heterocycles. The zero-order valence-corrected chi connectivity index (χ0v) is 12.9. The highest BCUT2D eigenvalue weighted by atomic mass is 14.8. The fourth-order valence-electron chi connectivity index (χ4n) is 5.02. The van der Waals surface area contributed by atoms with E-state index in [1.807, 2.05) is 0 Å². The first-order chi connectivity index (χ1) is 11.4. The molecular formula is C21H18N2. The van der Waals surface area contributed by atoms with Crippen LogP contribution in [0.25, 0.3) is 21.8 Å². The maximum Gasteiger partial charge on any atom is 0.0459 e. The molecule has 2 aromatic carbocycles. The lowest BCUT2D eigenvalue weighted by molar-refractivity contribution is 0.448. The van der Waals surface area contributed by atoms with E-state index < -0.39 is 0 Å². The molecule has 0 aliphatic heterocycles. The number of fused-ring (bicyclic) bond motifs is 10. The molecule has 0 saturated heterocycles. The van der Waals surface area contributed by atoms with E-state index in [0.29, 0.717) is 11.8 Å². The van der Waals surface area contributed by atoms with Gasteiger partial charge in [0.1, 0.15) is 0 Å². The first-order valence-electron chi connectivity index (χ1n) is 8.57. The lowest BCUT2D eigenvalue weighted by atomic mass is 9.70. The first kappa shape index (κ1) is 12.0. The minimum Gasteiger partial charge on any atom is -0.358 e. The monoisotopic (exact) mass is 298 g/mol. The molecular weight excluding hydrogens is 280 g/mol. The van der Waals surface area contributed by atoms with Crippen molar-refractivity contribution < 1.29 is 0 Å². The summed E-state index contributed by atoms with van der Waals surface area (Å²) >= 11 is 0. The zero-order valence-electron chi connectivity index (χ0n) is 12.9. The number of aromatic nitrogens is 2. The molecule has 2 bridgehead atoms. The number of hydrogen-bond donors (Lipinski definition) is 2. The quantitative estimate of drug-likeness (QED) is 0.457. The molecule has 2 aliphatic rings. The molecule has 0 amide bonds. The fraction of sp³-hybridized carbons (Fsp3) is 0.238. The summed E-state index contributed by atoms with van der Waals surface area (Å²) in [6, 6.07) is 17.6. The molecule has 4 aromatic rings. The van der Waals surface area contributed by atoms with Gasteiger partial charge in [0, 0.05) is 45.0 Å². The van der Waals surface area contributed by atoms with Crippen molar-refractivity contribution in [1.29, 1.82) is 0 Å². The maximum atomic E-state index is 3.73. The van der Waals surface area contributed by atoms with Crippen LogP contribution in [-0.2, 0) is 12.8 Å². The molecule has 0 spiro atoms. The van der Waals surface area contributed by atoms with E-state index in [1.54, 1.807) is 11.1 Å². The number of hydrogen-bond acceptors (Lipinski definition) is 0. The first-order valence-corrected chi connectivity index (χ1v) is 8.57. The van der Waals surface area contributed by atoms with Gasteiger partial charge in [0.15, 0.2) is 0 Å². The van der Waals surface area contributed by atoms with Crippen LogP contribution in [0.15, 0.2) is 48.5 Å². The predicted molar refractivity (Wildman–Crippen MR) is 94.1 cm³/mol. The number of nitrogens with one attached hydrogen (secondary N) is 2. The van der Waals surface area contributed by atoms with Gasteiger partial charge in [0.05, 0.1) is 0 Å². The summed E-state index contributed by atoms with van der Waals surface area (Å²) < 4.78 is 0. The second-order valence-electron chi connectivity index (χ2n) is 7.16. The van der Waals surface area contributed by atoms with Crippen LogP contribution in [0.4, 0.5) is 0 Å². The summed E-state index contributed by atoms with van der Waals surface area (Å²) in [5, 5.41) is 2.86. The van der Waals surface area contributed by atoms with Crippen LogP contribution in [0.2, 0.25) is 0 Å². The second-order valence-corrected chi connectivity index (χ2v) is 7.16. The Labute approximate surface area is 134 Å². The van der Waals surface area contributed by atoms with E-state index in [4.69, 9.17) is 0 Å². The lowest BCUT2D eigenvalue weighted by Gasteiger charge is -2.34. The highest BCUT2D eigenvalue weighted by Crippen LogP contribution is 2.49. The van der Waals surface area contributed by atoms with Gasteiger partial charge in [-0.05, 0) is 42.5 Å². The Morgan fingerprint density at radius 3 is 1.65 bits per heavy atom. The number of benzene rings is 2. The van der Waals surface area contributed by atoms with E-state index >= 15 is 0 Å². The van der Waals surface area contributed by atoms with Gasteiger partial charge in [-0.2, -0.15) is 0 Å². The highest BCUT2D eigenvalue weighted by Gasteiger charge is 2.37. The molecule has 112 valence electrons. The molecule has 2 nitrogen and oxygen atoms in total. The van der Waals surface area contributed by atoms with Crippen molar-refractivity contribution in [3.63, 3.8) is 0 Å². The van der Waals surface area contributed by atoms with Gasteiger partial charge in [-0.1, -0.05) is 36.4 Å². The minimum absolute atomic E-state index is 0.642. The van der Waals surface area contributed by atoms with E-state index in [1.165, 1.54) is 39.6 Å². The summed E-state index contributed by atoms with van der Waals surface area (Å²) in [4.78, 5) is 7.46. The Hall–Kier alpha value is -2.48. The zero-order chi connectivity index (χ0) is 15.0. The smallest absolute Gasteiger partial charge is 0.0459 e. The number of aromatic amines is 2. The second kappa shape index (κ2) is 4.08. The molecule has 23 heavy (non-hydrogen) atoms. The van der Waals surface area contributed by atoms with E-state index in [9.17, 15) is 0 Å². The molecule has 0 saturated carbocycles. The molecule has 2 aliphatic carbocycles. The molecule has 2 N–H and O–H groups in total. The standard InChI is InChI=1S/C21H18N2/c1-3-7-18-14(5-1)16-10-12-9-13(20(16)22-18)11-17-15-6-2-4-8-19(15)23-21(12)17/h1-8,12-13,22-23H,9-11H2/t12-,13-/m0/s1. The Morgan fingerprint density at radius 2 is 1.13 bits per heavy atom. The Morgan fingerprint density at radius 1 is 0.652 bits per heavy atom. The third-order valence-electron chi connectivity index (χ3n) is 5.98. The Balaban J connectivity index is 1.59. The van der Waals surface area contributed by atoms with Crippen molar-refractivity contribution in [3.8, 4) is 0 Å². The SMILES string of the molecule is c1ccc2c3c([nH]c2c1)[C@@H]1Cc2c([nH]c4ccccc24)[C@H](C3)C1. The van der Waals surface area contributed by atoms with Crippen molar-refractivity contribution in [1.82, 2.24) is 9.97 Å². The van der Waals surface area contributed by atoms with Crippen LogP contribution in [-0.4, -0.2) is 9.97 Å². The average Bonchev–Trinajstić information content (AvgIpc) is 3.14. The van der Waals surface area contributed by atoms with Crippen molar-refractivity contribution in [2.24, 2.45) is 0 Å². The molecule has 2 heteroatoms. The lowest BCUT2D eigenvalue weighted by Crippen LogP contribution is -2.24. The summed E-state index contributed by atoms with van der Waals surface area (Å²) in [6.45, 7) is 0. The summed E-state index contributed by atoms with van der Waals surface area (Å²) in [6.07, 6.45) is 3.60.